The molecule has 1 aromatic carbocycles. The average Bonchev–Trinajstić information content (AvgIpc) is 3.28. The van der Waals surface area contributed by atoms with Gasteiger partial charge in [-0.3, -0.25) is 15.1 Å². The van der Waals surface area contributed by atoms with E-state index in [-0.39, 0.29) is 0 Å². The van der Waals surface area contributed by atoms with Gasteiger partial charge in [0.2, 0.25) is 5.95 Å². The van der Waals surface area contributed by atoms with Crippen LogP contribution in [0.15, 0.2) is 61.1 Å². The van der Waals surface area contributed by atoms with Gasteiger partial charge in [-0.2, -0.15) is 4.98 Å². The van der Waals surface area contributed by atoms with Crippen LogP contribution in [0.25, 0.3) is 11.4 Å². The maximum Gasteiger partial charge on any atom is 0.246 e. The van der Waals surface area contributed by atoms with Crippen molar-refractivity contribution in [2.45, 2.75) is 6.04 Å². The SMILES string of the molecule is COc1ccc(Nc2n[nH]c(-c3cccnc3C(N)c3cccnc3)n2)c(OC)c1. The molecule has 0 radical (unpaired) electrons. The molecule has 9 heteroatoms. The minimum absolute atomic E-state index is 0.387. The first kappa shape index (κ1) is 19.3. The van der Waals surface area contributed by atoms with Crippen LogP contribution in [0.5, 0.6) is 11.5 Å². The van der Waals surface area contributed by atoms with E-state index in [1.165, 1.54) is 0 Å². The van der Waals surface area contributed by atoms with E-state index >= 15 is 0 Å². The van der Waals surface area contributed by atoms with Gasteiger partial charge in [0.15, 0.2) is 5.82 Å². The summed E-state index contributed by atoms with van der Waals surface area (Å²) in [5.41, 5.74) is 9.45. The Kier molecular flexibility index (Phi) is 5.53. The van der Waals surface area contributed by atoms with Gasteiger partial charge in [0.05, 0.1) is 31.6 Å². The Morgan fingerprint density at radius 1 is 1.07 bits per heavy atom. The third-order valence-corrected chi connectivity index (χ3v) is 4.57. The predicted molar refractivity (Wildman–Crippen MR) is 113 cm³/mol. The highest BCUT2D eigenvalue weighted by atomic mass is 16.5. The van der Waals surface area contributed by atoms with Gasteiger partial charge in [0.25, 0.3) is 0 Å². The maximum absolute atomic E-state index is 6.44. The lowest BCUT2D eigenvalue weighted by Gasteiger charge is -2.14. The normalized spacial score (nSPS) is 11.7. The molecule has 0 saturated heterocycles. The van der Waals surface area contributed by atoms with Crippen LogP contribution in [-0.2, 0) is 0 Å². The number of aromatic nitrogens is 5. The summed E-state index contributed by atoms with van der Waals surface area (Å²) >= 11 is 0. The molecule has 0 aliphatic carbocycles. The smallest absolute Gasteiger partial charge is 0.246 e. The van der Waals surface area contributed by atoms with Gasteiger partial charge < -0.3 is 20.5 Å². The van der Waals surface area contributed by atoms with Crippen molar-refractivity contribution >= 4 is 11.6 Å². The molecule has 9 nitrogen and oxygen atoms in total. The van der Waals surface area contributed by atoms with Crippen molar-refractivity contribution in [3.8, 4) is 22.9 Å². The number of aromatic amines is 1. The Bertz CT molecular complexity index is 1130. The highest BCUT2D eigenvalue weighted by Crippen LogP contribution is 2.32. The van der Waals surface area contributed by atoms with Crippen LogP contribution >= 0.6 is 0 Å². The van der Waals surface area contributed by atoms with Gasteiger partial charge in [-0.15, -0.1) is 5.10 Å². The van der Waals surface area contributed by atoms with Crippen LogP contribution in [-0.4, -0.2) is 39.4 Å². The predicted octanol–water partition coefficient (Wildman–Crippen LogP) is 3.07. The zero-order valence-electron chi connectivity index (χ0n) is 16.5. The summed E-state index contributed by atoms with van der Waals surface area (Å²) < 4.78 is 10.6. The molecule has 0 aliphatic rings. The van der Waals surface area contributed by atoms with E-state index in [4.69, 9.17) is 15.2 Å². The van der Waals surface area contributed by atoms with Crippen LogP contribution in [0.4, 0.5) is 11.6 Å². The Morgan fingerprint density at radius 2 is 1.93 bits per heavy atom. The zero-order chi connectivity index (χ0) is 20.9. The molecule has 0 spiro atoms. The van der Waals surface area contributed by atoms with Gasteiger partial charge in [0.1, 0.15) is 11.5 Å². The molecule has 4 N–H and O–H groups in total. The molecule has 0 aliphatic heterocycles. The first-order chi connectivity index (χ1) is 14.7. The number of ether oxygens (including phenoxy) is 2. The fraction of sp³-hybridized carbons (Fsp3) is 0.143. The van der Waals surface area contributed by atoms with Crippen LogP contribution in [0.3, 0.4) is 0 Å². The molecule has 0 bridgehead atoms. The second-order valence-electron chi connectivity index (χ2n) is 6.40. The van der Waals surface area contributed by atoms with Gasteiger partial charge in [-0.1, -0.05) is 6.07 Å². The second-order valence-corrected chi connectivity index (χ2v) is 6.40. The van der Waals surface area contributed by atoms with Crippen molar-refractivity contribution in [3.63, 3.8) is 0 Å². The quantitative estimate of drug-likeness (QED) is 0.430. The van der Waals surface area contributed by atoms with Crippen molar-refractivity contribution in [2.24, 2.45) is 5.73 Å². The monoisotopic (exact) mass is 403 g/mol. The number of benzene rings is 1. The Balaban J connectivity index is 1.63. The molecule has 30 heavy (non-hydrogen) atoms. The van der Waals surface area contributed by atoms with E-state index in [9.17, 15) is 0 Å². The van der Waals surface area contributed by atoms with Crippen molar-refractivity contribution < 1.29 is 9.47 Å². The fourth-order valence-corrected chi connectivity index (χ4v) is 3.04. The number of nitrogens with zero attached hydrogens (tertiary/aromatic N) is 4. The molecule has 1 atom stereocenters. The highest BCUT2D eigenvalue weighted by molar-refractivity contribution is 5.66. The van der Waals surface area contributed by atoms with Crippen LogP contribution in [0.2, 0.25) is 0 Å². The molecule has 1 unspecified atom stereocenters. The molecular weight excluding hydrogens is 382 g/mol. The van der Waals surface area contributed by atoms with Crippen LogP contribution < -0.4 is 20.5 Å². The van der Waals surface area contributed by atoms with Gasteiger partial charge in [-0.05, 0) is 35.9 Å². The molecule has 0 fully saturated rings. The molecule has 4 aromatic rings. The van der Waals surface area contributed by atoms with E-state index in [1.807, 2.05) is 36.4 Å². The van der Waals surface area contributed by atoms with Crippen molar-refractivity contribution in [1.82, 2.24) is 25.1 Å². The standard InChI is InChI=1S/C21H21N7O2/c1-29-14-7-8-16(17(11-14)30-2)25-21-26-20(27-28-21)15-6-4-10-24-19(15)18(22)13-5-3-9-23-12-13/h3-12,18H,22H2,1-2H3,(H2,25,26,27,28). The van der Waals surface area contributed by atoms with E-state index in [2.05, 4.69) is 30.5 Å². The number of hydrogen-bond donors (Lipinski definition) is 3. The third kappa shape index (κ3) is 3.91. The van der Waals surface area contributed by atoms with Crippen LogP contribution in [0.1, 0.15) is 17.3 Å². The molecule has 3 heterocycles. The Labute approximate surface area is 173 Å². The first-order valence-corrected chi connectivity index (χ1v) is 9.22. The molecule has 4 rings (SSSR count). The van der Waals surface area contributed by atoms with Gasteiger partial charge in [-0.25, -0.2) is 0 Å². The number of methoxy groups -OCH3 is 2. The number of rotatable bonds is 7. The zero-order valence-corrected chi connectivity index (χ0v) is 16.5. The molecule has 0 saturated carbocycles. The number of pyridine rings is 2. The van der Waals surface area contributed by atoms with Gasteiger partial charge in [0, 0.05) is 30.2 Å². The largest absolute Gasteiger partial charge is 0.497 e. The average molecular weight is 403 g/mol. The summed E-state index contributed by atoms with van der Waals surface area (Å²) in [5, 5.41) is 10.4. The lowest BCUT2D eigenvalue weighted by molar-refractivity contribution is 0.395. The lowest BCUT2D eigenvalue weighted by atomic mass is 10.0. The summed E-state index contributed by atoms with van der Waals surface area (Å²) in [6.45, 7) is 0. The number of hydrogen-bond acceptors (Lipinski definition) is 8. The number of H-pyrrole nitrogens is 1. The Hall–Kier alpha value is -3.98. The number of nitrogens with one attached hydrogen (secondary N) is 2. The fourth-order valence-electron chi connectivity index (χ4n) is 3.04. The molecular formula is C21H21N7O2. The van der Waals surface area contributed by atoms with Crippen molar-refractivity contribution in [3.05, 3.63) is 72.3 Å². The summed E-state index contributed by atoms with van der Waals surface area (Å²) in [4.78, 5) is 13.2. The van der Waals surface area contributed by atoms with Crippen LogP contribution in [0, 0.1) is 0 Å². The summed E-state index contributed by atoms with van der Waals surface area (Å²) in [5.74, 6) is 2.24. The van der Waals surface area contributed by atoms with E-state index in [0.29, 0.717) is 34.7 Å². The van der Waals surface area contributed by atoms with Crippen molar-refractivity contribution in [1.29, 1.82) is 0 Å². The summed E-state index contributed by atoms with van der Waals surface area (Å²) in [6, 6.07) is 12.5. The van der Waals surface area contributed by atoms with E-state index in [0.717, 1.165) is 11.1 Å². The topological polar surface area (TPSA) is 124 Å². The van der Waals surface area contributed by atoms with Crippen molar-refractivity contribution in [2.75, 3.05) is 19.5 Å². The minimum atomic E-state index is -0.446. The Morgan fingerprint density at radius 3 is 2.70 bits per heavy atom. The summed E-state index contributed by atoms with van der Waals surface area (Å²) in [7, 11) is 3.19. The highest BCUT2D eigenvalue weighted by Gasteiger charge is 2.18. The number of anilines is 2. The maximum atomic E-state index is 6.44. The third-order valence-electron chi connectivity index (χ3n) is 4.57. The van der Waals surface area contributed by atoms with E-state index in [1.54, 1.807) is 38.9 Å². The van der Waals surface area contributed by atoms with Gasteiger partial charge >= 0.3 is 0 Å². The lowest BCUT2D eigenvalue weighted by Crippen LogP contribution is -2.15. The number of nitrogens with two attached hydrogens (primary N) is 1. The molecule has 152 valence electrons. The molecule has 3 aromatic heterocycles. The first-order valence-electron chi connectivity index (χ1n) is 9.22. The second kappa shape index (κ2) is 8.58. The summed E-state index contributed by atoms with van der Waals surface area (Å²) in [6.07, 6.45) is 5.14. The molecule has 0 amide bonds. The van der Waals surface area contributed by atoms with E-state index < -0.39 is 6.04 Å². The minimum Gasteiger partial charge on any atom is -0.497 e.